The Morgan fingerprint density at radius 1 is 1.16 bits per heavy atom. The monoisotopic (exact) mass is 269 g/mol. The smallest absolute Gasteiger partial charge is 0.188 e. The molecule has 0 radical (unpaired) electrons. The van der Waals surface area contributed by atoms with E-state index in [1.807, 2.05) is 18.2 Å². The number of aliphatic hydroxyl groups is 4. The van der Waals surface area contributed by atoms with E-state index in [0.29, 0.717) is 0 Å². The van der Waals surface area contributed by atoms with Crippen molar-refractivity contribution in [2.24, 2.45) is 5.73 Å². The van der Waals surface area contributed by atoms with Crippen LogP contribution in [0.4, 0.5) is 0 Å². The number of nitrogens with two attached hydrogens (primary N) is 1. The van der Waals surface area contributed by atoms with Crippen molar-refractivity contribution in [3.05, 3.63) is 35.9 Å². The maximum atomic E-state index is 10.5. The van der Waals surface area contributed by atoms with Crippen LogP contribution in [-0.2, 0) is 11.2 Å². The van der Waals surface area contributed by atoms with Crippen LogP contribution < -0.4 is 5.73 Å². The zero-order chi connectivity index (χ0) is 14.0. The van der Waals surface area contributed by atoms with Gasteiger partial charge < -0.3 is 30.9 Å². The van der Waals surface area contributed by atoms with Gasteiger partial charge in [-0.1, -0.05) is 30.3 Å². The minimum absolute atomic E-state index is 0.0648. The molecule has 1 aliphatic heterocycles. The molecule has 6 heteroatoms. The predicted octanol–water partition coefficient (Wildman–Crippen LogP) is -1.64. The van der Waals surface area contributed by atoms with Crippen LogP contribution >= 0.6 is 0 Å². The van der Waals surface area contributed by atoms with E-state index in [4.69, 9.17) is 15.6 Å². The first-order chi connectivity index (χ1) is 8.98. The molecule has 1 heterocycles. The Kier molecular flexibility index (Phi) is 4.19. The lowest BCUT2D eigenvalue weighted by molar-refractivity contribution is -0.313. The molecule has 0 amide bonds. The SMILES string of the molecule is N[C@@H]1[C@@H](O)[C@H](O)[C@@H](CO)OC1(O)Cc1ccccc1. The van der Waals surface area contributed by atoms with Crippen molar-refractivity contribution in [1.29, 1.82) is 0 Å². The Hall–Kier alpha value is -1.02. The second-order valence-electron chi connectivity index (χ2n) is 4.85. The molecule has 1 fully saturated rings. The maximum absolute atomic E-state index is 10.5. The number of hydrogen-bond donors (Lipinski definition) is 5. The van der Waals surface area contributed by atoms with Gasteiger partial charge in [0.05, 0.1) is 12.6 Å². The molecular weight excluding hydrogens is 250 g/mol. The van der Waals surface area contributed by atoms with Gasteiger partial charge in [0.15, 0.2) is 5.79 Å². The molecule has 0 spiro atoms. The van der Waals surface area contributed by atoms with Gasteiger partial charge in [0.2, 0.25) is 0 Å². The summed E-state index contributed by atoms with van der Waals surface area (Å²) in [7, 11) is 0. The summed E-state index contributed by atoms with van der Waals surface area (Å²) in [6.45, 7) is -0.512. The normalized spacial score (nSPS) is 39.2. The minimum atomic E-state index is -1.83. The predicted molar refractivity (Wildman–Crippen MR) is 67.0 cm³/mol. The molecule has 0 aliphatic carbocycles. The van der Waals surface area contributed by atoms with Gasteiger partial charge in [-0.05, 0) is 5.56 Å². The standard InChI is InChI=1S/C13H19NO5/c14-12-11(17)10(16)9(7-15)19-13(12,18)6-8-4-2-1-3-5-8/h1-5,9-12,15-18H,6-7,14H2/t9-,10-,11+,12-,13?/m1/s1. The average molecular weight is 269 g/mol. The van der Waals surface area contributed by atoms with Gasteiger partial charge in [0.25, 0.3) is 0 Å². The molecule has 0 aromatic heterocycles. The molecule has 1 aromatic rings. The van der Waals surface area contributed by atoms with Crippen molar-refractivity contribution < 1.29 is 25.2 Å². The minimum Gasteiger partial charge on any atom is -0.394 e. The van der Waals surface area contributed by atoms with E-state index in [9.17, 15) is 15.3 Å². The number of aliphatic hydroxyl groups excluding tert-OH is 3. The van der Waals surface area contributed by atoms with Crippen molar-refractivity contribution in [2.45, 2.75) is 36.6 Å². The largest absolute Gasteiger partial charge is 0.394 e. The molecule has 1 aliphatic rings. The van der Waals surface area contributed by atoms with Gasteiger partial charge in [-0.15, -0.1) is 0 Å². The van der Waals surface area contributed by atoms with E-state index in [1.165, 1.54) is 0 Å². The molecule has 0 saturated carbocycles. The number of ether oxygens (including phenoxy) is 1. The Morgan fingerprint density at radius 3 is 2.37 bits per heavy atom. The fraction of sp³-hybridized carbons (Fsp3) is 0.538. The topological polar surface area (TPSA) is 116 Å². The molecule has 5 atom stereocenters. The quantitative estimate of drug-likeness (QED) is 0.449. The number of hydrogen-bond acceptors (Lipinski definition) is 6. The summed E-state index contributed by atoms with van der Waals surface area (Å²) in [5.74, 6) is -1.83. The Morgan fingerprint density at radius 2 is 1.79 bits per heavy atom. The van der Waals surface area contributed by atoms with Gasteiger partial charge in [-0.25, -0.2) is 0 Å². The molecule has 19 heavy (non-hydrogen) atoms. The van der Waals surface area contributed by atoms with Gasteiger partial charge in [-0.3, -0.25) is 0 Å². The fourth-order valence-electron chi connectivity index (χ4n) is 2.30. The third-order valence-corrected chi connectivity index (χ3v) is 3.46. The van der Waals surface area contributed by atoms with Gasteiger partial charge in [0, 0.05) is 6.42 Å². The number of rotatable bonds is 3. The fourth-order valence-corrected chi connectivity index (χ4v) is 2.30. The first-order valence-electron chi connectivity index (χ1n) is 6.14. The van der Waals surface area contributed by atoms with Gasteiger partial charge >= 0.3 is 0 Å². The summed E-state index contributed by atoms with van der Waals surface area (Å²) < 4.78 is 5.29. The second-order valence-corrected chi connectivity index (χ2v) is 4.85. The zero-order valence-electron chi connectivity index (χ0n) is 10.4. The zero-order valence-corrected chi connectivity index (χ0v) is 10.4. The van der Waals surface area contributed by atoms with Crippen molar-refractivity contribution in [1.82, 2.24) is 0 Å². The molecule has 1 saturated heterocycles. The molecule has 6 nitrogen and oxygen atoms in total. The highest BCUT2D eigenvalue weighted by Crippen LogP contribution is 2.29. The third kappa shape index (κ3) is 2.79. The van der Waals surface area contributed by atoms with Crippen molar-refractivity contribution in [3.8, 4) is 0 Å². The summed E-state index contributed by atoms with van der Waals surface area (Å²) in [5, 5.41) is 39.1. The first kappa shape index (κ1) is 14.4. The Labute approximate surface area is 111 Å². The lowest BCUT2D eigenvalue weighted by Crippen LogP contribution is -2.69. The van der Waals surface area contributed by atoms with Crippen LogP contribution in [0.3, 0.4) is 0 Å². The Balaban J connectivity index is 2.21. The lowest BCUT2D eigenvalue weighted by Gasteiger charge is -2.46. The van der Waals surface area contributed by atoms with Crippen LogP contribution in [0.15, 0.2) is 30.3 Å². The van der Waals surface area contributed by atoms with E-state index in [1.54, 1.807) is 12.1 Å². The second kappa shape index (κ2) is 5.54. The van der Waals surface area contributed by atoms with E-state index < -0.39 is 36.7 Å². The molecule has 1 aromatic carbocycles. The molecule has 2 rings (SSSR count). The summed E-state index contributed by atoms with van der Waals surface area (Å²) in [5.41, 5.74) is 6.52. The Bertz CT molecular complexity index is 413. The summed E-state index contributed by atoms with van der Waals surface area (Å²) in [6, 6.07) is 7.87. The summed E-state index contributed by atoms with van der Waals surface area (Å²) in [4.78, 5) is 0. The molecule has 106 valence electrons. The van der Waals surface area contributed by atoms with E-state index in [2.05, 4.69) is 0 Å². The summed E-state index contributed by atoms with van der Waals surface area (Å²) in [6.07, 6.45) is -3.69. The molecule has 0 bridgehead atoms. The van der Waals surface area contributed by atoms with Crippen LogP contribution in [0.1, 0.15) is 5.56 Å². The summed E-state index contributed by atoms with van der Waals surface area (Å²) >= 11 is 0. The highest BCUT2D eigenvalue weighted by atomic mass is 16.6. The molecular formula is C13H19NO5. The van der Waals surface area contributed by atoms with Crippen molar-refractivity contribution in [2.75, 3.05) is 6.61 Å². The van der Waals surface area contributed by atoms with Crippen molar-refractivity contribution >= 4 is 0 Å². The van der Waals surface area contributed by atoms with E-state index >= 15 is 0 Å². The van der Waals surface area contributed by atoms with Crippen LogP contribution in [0, 0.1) is 0 Å². The van der Waals surface area contributed by atoms with Crippen LogP contribution in [-0.4, -0.2) is 57.2 Å². The lowest BCUT2D eigenvalue weighted by atomic mass is 9.87. The van der Waals surface area contributed by atoms with E-state index in [-0.39, 0.29) is 6.42 Å². The molecule has 1 unspecified atom stereocenters. The van der Waals surface area contributed by atoms with Crippen molar-refractivity contribution in [3.63, 3.8) is 0 Å². The van der Waals surface area contributed by atoms with Gasteiger partial charge in [-0.2, -0.15) is 0 Å². The van der Waals surface area contributed by atoms with Gasteiger partial charge in [0.1, 0.15) is 18.3 Å². The molecule has 6 N–H and O–H groups in total. The third-order valence-electron chi connectivity index (χ3n) is 3.46. The number of benzene rings is 1. The van der Waals surface area contributed by atoms with Crippen LogP contribution in [0.5, 0.6) is 0 Å². The highest BCUT2D eigenvalue weighted by molar-refractivity contribution is 5.18. The average Bonchev–Trinajstić information content (AvgIpc) is 2.42. The first-order valence-corrected chi connectivity index (χ1v) is 6.14. The van der Waals surface area contributed by atoms with E-state index in [0.717, 1.165) is 5.56 Å². The van der Waals surface area contributed by atoms with Crippen LogP contribution in [0.2, 0.25) is 0 Å². The maximum Gasteiger partial charge on any atom is 0.188 e. The highest BCUT2D eigenvalue weighted by Gasteiger charge is 2.51. The van der Waals surface area contributed by atoms with Crippen LogP contribution in [0.25, 0.3) is 0 Å².